The van der Waals surface area contributed by atoms with Crippen molar-refractivity contribution in [1.82, 2.24) is 15.5 Å². The van der Waals surface area contributed by atoms with Gasteiger partial charge in [0.05, 0.1) is 13.2 Å². The van der Waals surface area contributed by atoms with Crippen LogP contribution in [0.15, 0.2) is 4.52 Å². The number of nitrogens with one attached hydrogen (secondary N) is 1. The molecule has 4 fully saturated rings. The van der Waals surface area contributed by atoms with Crippen molar-refractivity contribution in [3.8, 4) is 0 Å². The monoisotopic (exact) mass is 327 g/mol. The van der Waals surface area contributed by atoms with Gasteiger partial charge in [-0.3, -0.25) is 0 Å². The number of hydrogen-bond acceptors (Lipinski definition) is 5. The van der Waals surface area contributed by atoms with Crippen LogP contribution in [0.5, 0.6) is 0 Å². The maximum Gasteiger partial charge on any atom is 0.240 e. The van der Waals surface area contributed by atoms with E-state index in [0.29, 0.717) is 13.2 Å². The van der Waals surface area contributed by atoms with Gasteiger partial charge in [-0.05, 0) is 56.3 Å². The normalized spacial score (nSPS) is 35.6. The van der Waals surface area contributed by atoms with Crippen LogP contribution < -0.4 is 5.32 Å². The molecule has 4 bridgehead atoms. The van der Waals surface area contributed by atoms with Crippen LogP contribution in [0, 0.1) is 17.8 Å². The molecule has 5 rings (SSSR count). The van der Waals surface area contributed by atoms with Crippen LogP contribution in [0.25, 0.3) is 0 Å². The Kier molecular flexibility index (Phi) is 4.76. The van der Waals surface area contributed by atoms with Gasteiger partial charge in [0.1, 0.15) is 0 Å². The van der Waals surface area contributed by atoms with Crippen molar-refractivity contribution >= 4 is 12.4 Å². The zero-order valence-corrected chi connectivity index (χ0v) is 14.0. The molecule has 4 aliphatic carbocycles. The first-order chi connectivity index (χ1) is 10.3. The molecule has 0 unspecified atom stereocenters. The molecule has 124 valence electrons. The molecule has 22 heavy (non-hydrogen) atoms. The molecule has 5 nitrogen and oxygen atoms in total. The minimum atomic E-state index is 0. The summed E-state index contributed by atoms with van der Waals surface area (Å²) in [6.45, 7) is 2.16. The minimum Gasteiger partial charge on any atom is -0.383 e. The van der Waals surface area contributed by atoms with Crippen molar-refractivity contribution in [2.45, 2.75) is 50.5 Å². The molecule has 0 radical (unpaired) electrons. The third-order valence-electron chi connectivity index (χ3n) is 5.74. The summed E-state index contributed by atoms with van der Waals surface area (Å²) in [4.78, 5) is 4.72. The summed E-state index contributed by atoms with van der Waals surface area (Å²) >= 11 is 0. The number of halogens is 1. The number of hydrogen-bond donors (Lipinski definition) is 1. The molecule has 0 aliphatic heterocycles. The summed E-state index contributed by atoms with van der Waals surface area (Å²) in [5.74, 6) is 4.45. The fourth-order valence-corrected chi connectivity index (χ4v) is 5.30. The van der Waals surface area contributed by atoms with Crippen LogP contribution in [-0.2, 0) is 16.7 Å². The molecular formula is C16H26ClN3O2. The smallest absolute Gasteiger partial charge is 0.240 e. The highest BCUT2D eigenvalue weighted by molar-refractivity contribution is 5.85. The van der Waals surface area contributed by atoms with Crippen molar-refractivity contribution < 1.29 is 9.26 Å². The lowest BCUT2D eigenvalue weighted by Crippen LogP contribution is -2.49. The summed E-state index contributed by atoms with van der Waals surface area (Å²) in [5, 5.41) is 7.62. The van der Waals surface area contributed by atoms with Gasteiger partial charge in [0, 0.05) is 19.1 Å². The number of nitrogens with zero attached hydrogens (tertiary/aromatic N) is 2. The maximum absolute atomic E-state index is 5.47. The zero-order chi connectivity index (χ0) is 14.3. The lowest BCUT2D eigenvalue weighted by atomic mass is 9.49. The van der Waals surface area contributed by atoms with Gasteiger partial charge in [-0.25, -0.2) is 0 Å². The summed E-state index contributed by atoms with van der Waals surface area (Å²) in [5.41, 5.74) is 0.239. The summed E-state index contributed by atoms with van der Waals surface area (Å²) in [6, 6.07) is 0. The Bertz CT molecular complexity index is 470. The molecule has 6 heteroatoms. The van der Waals surface area contributed by atoms with E-state index in [9.17, 15) is 0 Å². The Morgan fingerprint density at radius 1 is 1.18 bits per heavy atom. The van der Waals surface area contributed by atoms with E-state index in [0.717, 1.165) is 36.0 Å². The maximum atomic E-state index is 5.47. The standard InChI is InChI=1S/C16H25N3O2.ClH/c1-20-3-2-17-10-14-18-15(19-21-14)16-7-11-4-12(8-16)6-13(5-11)9-16;/h11-13,17H,2-10H2,1H3;1H. The Balaban J connectivity index is 0.00000144. The van der Waals surface area contributed by atoms with Gasteiger partial charge in [-0.15, -0.1) is 12.4 Å². The number of rotatable bonds is 6. The molecule has 0 atom stereocenters. The summed E-state index contributed by atoms with van der Waals surface area (Å²) in [6.07, 6.45) is 8.20. The first kappa shape index (κ1) is 16.2. The molecule has 1 aromatic heterocycles. The van der Waals surface area contributed by atoms with E-state index in [1.165, 1.54) is 38.5 Å². The lowest BCUT2D eigenvalue weighted by Gasteiger charge is -2.55. The third-order valence-corrected chi connectivity index (χ3v) is 5.74. The average molecular weight is 328 g/mol. The third kappa shape index (κ3) is 2.91. The van der Waals surface area contributed by atoms with E-state index in [-0.39, 0.29) is 17.8 Å². The van der Waals surface area contributed by atoms with Gasteiger partial charge in [0.25, 0.3) is 0 Å². The van der Waals surface area contributed by atoms with E-state index in [1.54, 1.807) is 7.11 Å². The van der Waals surface area contributed by atoms with Crippen LogP contribution in [0.4, 0.5) is 0 Å². The van der Waals surface area contributed by atoms with Crippen molar-refractivity contribution in [3.05, 3.63) is 11.7 Å². The molecule has 4 saturated carbocycles. The fourth-order valence-electron chi connectivity index (χ4n) is 5.30. The molecule has 0 saturated heterocycles. The van der Waals surface area contributed by atoms with Crippen LogP contribution in [0.2, 0.25) is 0 Å². The highest BCUT2D eigenvalue weighted by atomic mass is 35.5. The molecule has 4 aliphatic rings. The van der Waals surface area contributed by atoms with Crippen molar-refractivity contribution in [2.24, 2.45) is 17.8 Å². The molecule has 0 aromatic carbocycles. The fraction of sp³-hybridized carbons (Fsp3) is 0.875. The quantitative estimate of drug-likeness (QED) is 0.814. The largest absolute Gasteiger partial charge is 0.383 e. The van der Waals surface area contributed by atoms with Gasteiger partial charge in [0.2, 0.25) is 5.89 Å². The van der Waals surface area contributed by atoms with Gasteiger partial charge in [-0.2, -0.15) is 4.98 Å². The van der Waals surface area contributed by atoms with Crippen LogP contribution in [0.3, 0.4) is 0 Å². The number of methoxy groups -OCH3 is 1. The molecule has 0 amide bonds. The van der Waals surface area contributed by atoms with Crippen molar-refractivity contribution in [2.75, 3.05) is 20.3 Å². The second-order valence-electron chi connectivity index (χ2n) is 7.38. The first-order valence-corrected chi connectivity index (χ1v) is 8.30. The highest BCUT2D eigenvalue weighted by Gasteiger charge is 2.53. The van der Waals surface area contributed by atoms with E-state index < -0.39 is 0 Å². The summed E-state index contributed by atoms with van der Waals surface area (Å²) in [7, 11) is 1.71. The van der Waals surface area contributed by atoms with Crippen LogP contribution >= 0.6 is 12.4 Å². The average Bonchev–Trinajstić information content (AvgIpc) is 2.92. The summed E-state index contributed by atoms with van der Waals surface area (Å²) < 4.78 is 10.5. The molecular weight excluding hydrogens is 302 g/mol. The second-order valence-corrected chi connectivity index (χ2v) is 7.38. The van der Waals surface area contributed by atoms with E-state index in [4.69, 9.17) is 14.2 Å². The van der Waals surface area contributed by atoms with Crippen LogP contribution in [-0.4, -0.2) is 30.4 Å². The van der Waals surface area contributed by atoms with Crippen LogP contribution in [0.1, 0.15) is 50.2 Å². The molecule has 1 heterocycles. The lowest BCUT2D eigenvalue weighted by molar-refractivity contribution is -0.0103. The van der Waals surface area contributed by atoms with Crippen molar-refractivity contribution in [3.63, 3.8) is 0 Å². The van der Waals surface area contributed by atoms with Crippen molar-refractivity contribution in [1.29, 1.82) is 0 Å². The SMILES string of the molecule is COCCNCc1nc(C23CC4CC(CC(C4)C2)C3)no1.Cl. The zero-order valence-electron chi connectivity index (χ0n) is 13.2. The number of ether oxygens (including phenoxy) is 1. The van der Waals surface area contributed by atoms with E-state index in [1.807, 2.05) is 0 Å². The second kappa shape index (κ2) is 6.46. The predicted octanol–water partition coefficient (Wildman–Crippen LogP) is 2.70. The highest BCUT2D eigenvalue weighted by Crippen LogP contribution is 2.60. The Hall–Kier alpha value is -0.650. The van der Waals surface area contributed by atoms with Gasteiger partial charge in [-0.1, -0.05) is 5.16 Å². The van der Waals surface area contributed by atoms with Gasteiger partial charge < -0.3 is 14.6 Å². The Morgan fingerprint density at radius 2 is 1.82 bits per heavy atom. The molecule has 1 aromatic rings. The van der Waals surface area contributed by atoms with Gasteiger partial charge in [0.15, 0.2) is 5.82 Å². The Morgan fingerprint density at radius 3 is 2.41 bits per heavy atom. The first-order valence-electron chi connectivity index (χ1n) is 8.30. The minimum absolute atomic E-state index is 0. The van der Waals surface area contributed by atoms with E-state index in [2.05, 4.69) is 10.5 Å². The van der Waals surface area contributed by atoms with Gasteiger partial charge >= 0.3 is 0 Å². The predicted molar refractivity (Wildman–Crippen MR) is 85.0 cm³/mol. The Labute approximate surface area is 138 Å². The van der Waals surface area contributed by atoms with E-state index >= 15 is 0 Å². The number of aromatic nitrogens is 2. The molecule has 1 N–H and O–H groups in total. The topological polar surface area (TPSA) is 60.2 Å². The molecule has 0 spiro atoms.